The summed E-state index contributed by atoms with van der Waals surface area (Å²) >= 11 is 0. The van der Waals surface area contributed by atoms with Crippen LogP contribution >= 0.6 is 0 Å². The summed E-state index contributed by atoms with van der Waals surface area (Å²) in [7, 11) is 5.27. The molecule has 0 aliphatic heterocycles. The average molecular weight is 131 g/mol. The van der Waals surface area contributed by atoms with Crippen molar-refractivity contribution in [3.63, 3.8) is 0 Å². The van der Waals surface area contributed by atoms with E-state index in [1.165, 1.54) is 12.1 Å². The van der Waals surface area contributed by atoms with Gasteiger partial charge in [-0.3, -0.25) is 0 Å². The van der Waals surface area contributed by atoms with Crippen LogP contribution < -0.4 is 5.46 Å². The molecule has 10 heavy (non-hydrogen) atoms. The standard InChI is InChI=1S/C7H3BFN/c8-7-3-6(9)2-1-5(7)4-10/h1-3H. The Hall–Kier alpha value is -1.30. The summed E-state index contributed by atoms with van der Waals surface area (Å²) in [5.74, 6) is -0.420. The van der Waals surface area contributed by atoms with Gasteiger partial charge in [-0.05, 0) is 18.2 Å². The molecule has 0 heterocycles. The van der Waals surface area contributed by atoms with Crippen molar-refractivity contribution in [2.24, 2.45) is 0 Å². The molecule has 0 atom stereocenters. The third kappa shape index (κ3) is 1.16. The molecule has 3 heteroatoms. The second-order valence-electron chi connectivity index (χ2n) is 1.84. The number of nitrogens with zero attached hydrogens (tertiary/aromatic N) is 1. The van der Waals surface area contributed by atoms with Gasteiger partial charge in [0.1, 0.15) is 13.7 Å². The van der Waals surface area contributed by atoms with Gasteiger partial charge in [-0.15, -0.1) is 0 Å². The van der Waals surface area contributed by atoms with E-state index >= 15 is 0 Å². The van der Waals surface area contributed by atoms with Gasteiger partial charge in [0.2, 0.25) is 0 Å². The molecule has 0 fully saturated rings. The van der Waals surface area contributed by atoms with Crippen molar-refractivity contribution >= 4 is 13.3 Å². The molecule has 1 aromatic carbocycles. The Balaban J connectivity index is 3.23. The summed E-state index contributed by atoms with van der Waals surface area (Å²) in [5.41, 5.74) is 0.490. The van der Waals surface area contributed by atoms with Crippen molar-refractivity contribution in [2.45, 2.75) is 0 Å². The maximum Gasteiger partial charge on any atom is 0.122 e. The highest BCUT2D eigenvalue weighted by Crippen LogP contribution is 1.96. The molecule has 0 N–H and O–H groups in total. The fourth-order valence-corrected chi connectivity index (χ4v) is 0.635. The first kappa shape index (κ1) is 6.82. The van der Waals surface area contributed by atoms with Gasteiger partial charge in [0, 0.05) is 5.56 Å². The summed E-state index contributed by atoms with van der Waals surface area (Å²) in [6.45, 7) is 0. The summed E-state index contributed by atoms with van der Waals surface area (Å²) < 4.78 is 12.3. The zero-order valence-electron chi connectivity index (χ0n) is 5.13. The molecule has 1 nitrogen and oxygen atoms in total. The van der Waals surface area contributed by atoms with Crippen molar-refractivity contribution in [3.8, 4) is 6.07 Å². The fraction of sp³-hybridized carbons (Fsp3) is 0. The molecule has 46 valence electrons. The topological polar surface area (TPSA) is 23.8 Å². The lowest BCUT2D eigenvalue weighted by atomic mass is 9.91. The number of halogens is 1. The van der Waals surface area contributed by atoms with E-state index in [1.807, 2.05) is 6.07 Å². The van der Waals surface area contributed by atoms with Gasteiger partial charge in [0.05, 0.1) is 6.07 Å². The summed E-state index contributed by atoms with van der Waals surface area (Å²) in [6, 6.07) is 5.51. The smallest absolute Gasteiger partial charge is 0.122 e. The van der Waals surface area contributed by atoms with E-state index in [4.69, 9.17) is 13.1 Å². The van der Waals surface area contributed by atoms with Gasteiger partial charge in [-0.25, -0.2) is 4.39 Å². The third-order valence-corrected chi connectivity index (χ3v) is 1.13. The van der Waals surface area contributed by atoms with E-state index < -0.39 is 5.82 Å². The maximum absolute atomic E-state index is 12.3. The van der Waals surface area contributed by atoms with E-state index in [9.17, 15) is 4.39 Å². The van der Waals surface area contributed by atoms with Crippen molar-refractivity contribution in [2.75, 3.05) is 0 Å². The van der Waals surface area contributed by atoms with Gasteiger partial charge in [-0.1, -0.05) is 5.46 Å². The van der Waals surface area contributed by atoms with Crippen LogP contribution in [0.1, 0.15) is 5.56 Å². The van der Waals surface area contributed by atoms with Gasteiger partial charge in [0.25, 0.3) is 0 Å². The van der Waals surface area contributed by atoms with Gasteiger partial charge in [-0.2, -0.15) is 5.26 Å². The van der Waals surface area contributed by atoms with Crippen molar-refractivity contribution in [3.05, 3.63) is 29.6 Å². The highest BCUT2D eigenvalue weighted by molar-refractivity contribution is 6.33. The molecule has 0 aliphatic carbocycles. The van der Waals surface area contributed by atoms with Crippen molar-refractivity contribution in [1.82, 2.24) is 0 Å². The Morgan fingerprint density at radius 1 is 1.50 bits per heavy atom. The second kappa shape index (κ2) is 2.53. The Morgan fingerprint density at radius 3 is 2.70 bits per heavy atom. The normalized spacial score (nSPS) is 8.80. The lowest BCUT2D eigenvalue weighted by Gasteiger charge is -1.94. The highest BCUT2D eigenvalue weighted by Gasteiger charge is 1.95. The van der Waals surface area contributed by atoms with E-state index in [0.29, 0.717) is 5.56 Å². The minimum atomic E-state index is -0.420. The van der Waals surface area contributed by atoms with Crippen LogP contribution in [0.15, 0.2) is 18.2 Å². The predicted octanol–water partition coefficient (Wildman–Crippen LogP) is 0.491. The fourth-order valence-electron chi connectivity index (χ4n) is 0.635. The third-order valence-electron chi connectivity index (χ3n) is 1.13. The zero-order chi connectivity index (χ0) is 7.56. The van der Waals surface area contributed by atoms with Crippen LogP contribution in [0, 0.1) is 17.1 Å². The molecule has 0 aromatic heterocycles. The summed E-state index contributed by atoms with van der Waals surface area (Å²) in [5, 5.41) is 8.36. The molecule has 0 saturated heterocycles. The minimum Gasteiger partial charge on any atom is -0.207 e. The van der Waals surface area contributed by atoms with Gasteiger partial charge < -0.3 is 0 Å². The molecule has 2 radical (unpaired) electrons. The minimum absolute atomic E-state index is 0.183. The molecule has 0 bridgehead atoms. The van der Waals surface area contributed by atoms with Crippen molar-refractivity contribution < 1.29 is 4.39 Å². The first-order valence-corrected chi connectivity index (χ1v) is 2.69. The van der Waals surface area contributed by atoms with Gasteiger partial charge in [0.15, 0.2) is 0 Å². The number of hydrogen-bond acceptors (Lipinski definition) is 1. The largest absolute Gasteiger partial charge is 0.207 e. The number of rotatable bonds is 0. The van der Waals surface area contributed by atoms with Crippen LogP contribution in [0.4, 0.5) is 4.39 Å². The zero-order valence-corrected chi connectivity index (χ0v) is 5.13. The molecular weight excluding hydrogens is 128 g/mol. The first-order chi connectivity index (χ1) is 4.74. The van der Waals surface area contributed by atoms with E-state index in [1.54, 1.807) is 0 Å². The van der Waals surface area contributed by atoms with Crippen molar-refractivity contribution in [1.29, 1.82) is 5.26 Å². The molecular formula is C7H3BFN. The first-order valence-electron chi connectivity index (χ1n) is 2.69. The summed E-state index contributed by atoms with van der Waals surface area (Å²) in [4.78, 5) is 0. The van der Waals surface area contributed by atoms with Crippen LogP contribution in [-0.2, 0) is 0 Å². The van der Waals surface area contributed by atoms with E-state index in [0.717, 1.165) is 6.07 Å². The molecule has 0 saturated carbocycles. The average Bonchev–Trinajstić information content (AvgIpc) is 1.88. The Labute approximate surface area is 59.5 Å². The van der Waals surface area contributed by atoms with Crippen LogP contribution in [0.5, 0.6) is 0 Å². The number of hydrogen-bond donors (Lipinski definition) is 0. The molecule has 1 rings (SSSR count). The monoisotopic (exact) mass is 131 g/mol. The van der Waals surface area contributed by atoms with Crippen LogP contribution in [0.3, 0.4) is 0 Å². The summed E-state index contributed by atoms with van der Waals surface area (Å²) in [6.07, 6.45) is 0. The SMILES string of the molecule is [B]c1cc(F)ccc1C#N. The van der Waals surface area contributed by atoms with Crippen LogP contribution in [0.2, 0.25) is 0 Å². The Morgan fingerprint density at radius 2 is 2.20 bits per heavy atom. The Kier molecular flexibility index (Phi) is 1.72. The number of nitriles is 1. The van der Waals surface area contributed by atoms with Gasteiger partial charge >= 0.3 is 0 Å². The molecule has 1 aromatic rings. The molecule has 0 aliphatic rings. The molecule has 0 unspecified atom stereocenters. The van der Waals surface area contributed by atoms with E-state index in [-0.39, 0.29) is 5.46 Å². The second-order valence-corrected chi connectivity index (χ2v) is 1.84. The lowest BCUT2D eigenvalue weighted by molar-refractivity contribution is 0.629. The Bertz CT molecular complexity index is 290. The lowest BCUT2D eigenvalue weighted by Crippen LogP contribution is -2.07. The molecule has 0 spiro atoms. The van der Waals surface area contributed by atoms with Crippen LogP contribution in [0.25, 0.3) is 0 Å². The highest BCUT2D eigenvalue weighted by atomic mass is 19.1. The van der Waals surface area contributed by atoms with E-state index in [2.05, 4.69) is 0 Å². The predicted molar refractivity (Wildman–Crippen MR) is 36.5 cm³/mol. The molecule has 0 amide bonds. The number of benzene rings is 1. The quantitative estimate of drug-likeness (QED) is 0.470. The maximum atomic E-state index is 12.3. The van der Waals surface area contributed by atoms with Crippen LogP contribution in [-0.4, -0.2) is 7.85 Å².